The van der Waals surface area contributed by atoms with Crippen LogP contribution in [0.3, 0.4) is 0 Å². The molecule has 3 atom stereocenters. The van der Waals surface area contributed by atoms with Crippen LogP contribution in [0.15, 0.2) is 60.7 Å². The van der Waals surface area contributed by atoms with Crippen molar-refractivity contribution >= 4 is 17.8 Å². The van der Waals surface area contributed by atoms with Gasteiger partial charge in [0.15, 0.2) is 0 Å². The third-order valence-electron chi connectivity index (χ3n) is 5.18. The Labute approximate surface area is 169 Å². The maximum atomic E-state index is 13.0. The number of amides is 2. The van der Waals surface area contributed by atoms with E-state index in [0.717, 1.165) is 5.56 Å². The molecule has 0 unspecified atom stereocenters. The normalized spacial score (nSPS) is 21.0. The van der Waals surface area contributed by atoms with E-state index in [1.807, 2.05) is 30.3 Å². The molecule has 1 fully saturated rings. The van der Waals surface area contributed by atoms with E-state index in [4.69, 9.17) is 4.74 Å². The van der Waals surface area contributed by atoms with Crippen LogP contribution in [0, 0.1) is 5.92 Å². The SMILES string of the molecule is COC(=O)[C@H](Cc1ccccc1)NC(=O)[C@@]1(NC(=O)c2ccccc2)C[C@@H]1CO. The summed E-state index contributed by atoms with van der Waals surface area (Å²) in [4.78, 5) is 37.8. The van der Waals surface area contributed by atoms with Gasteiger partial charge in [-0.1, -0.05) is 48.5 Å². The van der Waals surface area contributed by atoms with Gasteiger partial charge in [0.25, 0.3) is 5.91 Å². The Bertz CT molecular complexity index is 871. The largest absolute Gasteiger partial charge is 0.467 e. The van der Waals surface area contributed by atoms with E-state index in [0.29, 0.717) is 12.0 Å². The van der Waals surface area contributed by atoms with E-state index in [1.165, 1.54) is 7.11 Å². The molecule has 1 aliphatic rings. The molecule has 0 radical (unpaired) electrons. The van der Waals surface area contributed by atoms with Gasteiger partial charge in [-0.25, -0.2) is 4.79 Å². The lowest BCUT2D eigenvalue weighted by molar-refractivity contribution is -0.145. The van der Waals surface area contributed by atoms with Crippen LogP contribution in [0.25, 0.3) is 0 Å². The van der Waals surface area contributed by atoms with Crippen molar-refractivity contribution in [3.63, 3.8) is 0 Å². The second-order valence-corrected chi connectivity index (χ2v) is 7.11. The van der Waals surface area contributed by atoms with Gasteiger partial charge in [0.2, 0.25) is 5.91 Å². The highest BCUT2D eigenvalue weighted by molar-refractivity contribution is 6.01. The van der Waals surface area contributed by atoms with Crippen molar-refractivity contribution in [2.24, 2.45) is 5.92 Å². The predicted molar refractivity (Wildman–Crippen MR) is 106 cm³/mol. The predicted octanol–water partition coefficient (Wildman–Crippen LogP) is 1.07. The Morgan fingerprint density at radius 1 is 1.10 bits per heavy atom. The fraction of sp³-hybridized carbons (Fsp3) is 0.318. The standard InChI is InChI=1S/C22H24N2O5/c1-29-20(27)18(12-15-8-4-2-5-9-15)23-21(28)22(13-17(22)14-25)24-19(26)16-10-6-3-7-11-16/h2-11,17-18,25H,12-14H2,1H3,(H,23,28)(H,24,26)/t17-,18+,22-/m1/s1. The molecular formula is C22H24N2O5. The summed E-state index contributed by atoms with van der Waals surface area (Å²) in [5, 5.41) is 15.0. The fourth-order valence-electron chi connectivity index (χ4n) is 3.37. The van der Waals surface area contributed by atoms with Crippen molar-refractivity contribution in [3.05, 3.63) is 71.8 Å². The van der Waals surface area contributed by atoms with Crippen molar-refractivity contribution in [1.82, 2.24) is 10.6 Å². The number of ether oxygens (including phenoxy) is 1. The van der Waals surface area contributed by atoms with Crippen LogP contribution in [0.1, 0.15) is 22.3 Å². The topological polar surface area (TPSA) is 105 Å². The number of aliphatic hydroxyl groups is 1. The Balaban J connectivity index is 1.75. The number of hydrogen-bond donors (Lipinski definition) is 3. The van der Waals surface area contributed by atoms with Crippen molar-refractivity contribution in [2.45, 2.75) is 24.4 Å². The number of benzene rings is 2. The van der Waals surface area contributed by atoms with E-state index < -0.39 is 35.3 Å². The summed E-state index contributed by atoms with van der Waals surface area (Å²) in [6.45, 7) is -0.246. The highest BCUT2D eigenvalue weighted by Gasteiger charge is 2.61. The first-order valence-corrected chi connectivity index (χ1v) is 9.41. The van der Waals surface area contributed by atoms with Gasteiger partial charge in [0.05, 0.1) is 7.11 Å². The van der Waals surface area contributed by atoms with Gasteiger partial charge in [-0.3, -0.25) is 9.59 Å². The van der Waals surface area contributed by atoms with E-state index in [-0.39, 0.29) is 13.0 Å². The van der Waals surface area contributed by atoms with E-state index in [1.54, 1.807) is 30.3 Å². The molecule has 0 heterocycles. The zero-order valence-electron chi connectivity index (χ0n) is 16.1. The third-order valence-corrected chi connectivity index (χ3v) is 5.18. The van der Waals surface area contributed by atoms with Crippen molar-refractivity contribution < 1.29 is 24.2 Å². The minimum Gasteiger partial charge on any atom is -0.467 e. The summed E-state index contributed by atoms with van der Waals surface area (Å²) in [6, 6.07) is 16.9. The third kappa shape index (κ3) is 4.63. The highest BCUT2D eigenvalue weighted by atomic mass is 16.5. The molecule has 0 saturated heterocycles. The van der Waals surface area contributed by atoms with Gasteiger partial charge in [-0.05, 0) is 24.1 Å². The molecule has 7 heteroatoms. The van der Waals surface area contributed by atoms with Crippen LogP contribution in [0.4, 0.5) is 0 Å². The number of carbonyl (C=O) groups excluding carboxylic acids is 3. The smallest absolute Gasteiger partial charge is 0.328 e. The Morgan fingerprint density at radius 3 is 2.28 bits per heavy atom. The average molecular weight is 396 g/mol. The Hall–Kier alpha value is -3.19. The van der Waals surface area contributed by atoms with Gasteiger partial charge in [0.1, 0.15) is 11.6 Å². The molecule has 2 aromatic carbocycles. The average Bonchev–Trinajstić information content (AvgIpc) is 3.48. The monoisotopic (exact) mass is 396 g/mol. The first-order chi connectivity index (χ1) is 14.0. The van der Waals surface area contributed by atoms with Crippen molar-refractivity contribution in [1.29, 1.82) is 0 Å². The summed E-state index contributed by atoms with van der Waals surface area (Å²) < 4.78 is 4.83. The number of aliphatic hydroxyl groups excluding tert-OH is 1. The Kier molecular flexibility index (Phi) is 6.29. The fourth-order valence-corrected chi connectivity index (χ4v) is 3.37. The number of carbonyl (C=O) groups is 3. The van der Waals surface area contributed by atoms with Crippen LogP contribution in [0.5, 0.6) is 0 Å². The molecule has 1 aliphatic carbocycles. The van der Waals surface area contributed by atoms with E-state index in [9.17, 15) is 19.5 Å². The summed E-state index contributed by atoms with van der Waals surface area (Å²) >= 11 is 0. The number of esters is 1. The highest BCUT2D eigenvalue weighted by Crippen LogP contribution is 2.43. The van der Waals surface area contributed by atoms with Gasteiger partial charge >= 0.3 is 5.97 Å². The van der Waals surface area contributed by atoms with Gasteiger partial charge < -0.3 is 20.5 Å². The maximum absolute atomic E-state index is 13.0. The molecule has 152 valence electrons. The van der Waals surface area contributed by atoms with Crippen LogP contribution in [0.2, 0.25) is 0 Å². The maximum Gasteiger partial charge on any atom is 0.328 e. The van der Waals surface area contributed by atoms with Crippen molar-refractivity contribution in [3.8, 4) is 0 Å². The summed E-state index contributed by atoms with van der Waals surface area (Å²) in [6.07, 6.45) is 0.554. The lowest BCUT2D eigenvalue weighted by Crippen LogP contribution is -2.55. The molecular weight excluding hydrogens is 372 g/mol. The lowest BCUT2D eigenvalue weighted by Gasteiger charge is -2.23. The minimum absolute atomic E-state index is 0.246. The molecule has 2 amide bonds. The van der Waals surface area contributed by atoms with Crippen LogP contribution >= 0.6 is 0 Å². The molecule has 1 saturated carbocycles. The quantitative estimate of drug-likeness (QED) is 0.579. The molecule has 29 heavy (non-hydrogen) atoms. The van der Waals surface area contributed by atoms with Crippen LogP contribution < -0.4 is 10.6 Å². The van der Waals surface area contributed by atoms with Crippen molar-refractivity contribution in [2.75, 3.05) is 13.7 Å². The molecule has 3 N–H and O–H groups in total. The first-order valence-electron chi connectivity index (χ1n) is 9.41. The van der Waals surface area contributed by atoms with Gasteiger partial charge in [0, 0.05) is 24.5 Å². The number of hydrogen-bond acceptors (Lipinski definition) is 5. The molecule has 0 aromatic heterocycles. The van der Waals surface area contributed by atoms with E-state index >= 15 is 0 Å². The first kappa shape index (κ1) is 20.5. The second-order valence-electron chi connectivity index (χ2n) is 7.11. The van der Waals surface area contributed by atoms with Crippen LogP contribution in [-0.4, -0.2) is 48.2 Å². The van der Waals surface area contributed by atoms with Gasteiger partial charge in [-0.15, -0.1) is 0 Å². The molecule has 2 aromatic rings. The molecule has 7 nitrogen and oxygen atoms in total. The molecule has 3 rings (SSSR count). The summed E-state index contributed by atoms with van der Waals surface area (Å²) in [7, 11) is 1.26. The number of nitrogens with one attached hydrogen (secondary N) is 2. The Morgan fingerprint density at radius 2 is 1.72 bits per heavy atom. The molecule has 0 aliphatic heterocycles. The zero-order chi connectivity index (χ0) is 20.9. The molecule has 0 spiro atoms. The second kappa shape index (κ2) is 8.87. The minimum atomic E-state index is -1.25. The lowest BCUT2D eigenvalue weighted by atomic mass is 10.0. The van der Waals surface area contributed by atoms with E-state index in [2.05, 4.69) is 10.6 Å². The zero-order valence-corrected chi connectivity index (χ0v) is 16.1. The summed E-state index contributed by atoms with van der Waals surface area (Å²) in [5.74, 6) is -1.90. The number of methoxy groups -OCH3 is 1. The summed E-state index contributed by atoms with van der Waals surface area (Å²) in [5.41, 5.74) is 0.0297. The van der Waals surface area contributed by atoms with Gasteiger partial charge in [-0.2, -0.15) is 0 Å². The molecule has 0 bridgehead atoms. The number of rotatable bonds is 8. The van der Waals surface area contributed by atoms with Crippen LogP contribution in [-0.2, 0) is 20.7 Å².